The minimum Gasteiger partial charge on any atom is -0.463 e. The van der Waals surface area contributed by atoms with Gasteiger partial charge in [-0.05, 0) is 0 Å². The fourth-order valence-electron chi connectivity index (χ4n) is 1.44. The Morgan fingerprint density at radius 2 is 2.44 bits per heavy atom. The summed E-state index contributed by atoms with van der Waals surface area (Å²) in [5.74, 6) is -0.557. The second-order valence-electron chi connectivity index (χ2n) is 3.34. The first-order valence-electron chi connectivity index (χ1n) is 4.61. The van der Waals surface area contributed by atoms with E-state index in [2.05, 4.69) is 32.5 Å². The molecule has 0 aromatic carbocycles. The summed E-state index contributed by atoms with van der Waals surface area (Å²) in [4.78, 5) is 27.9. The van der Waals surface area contributed by atoms with Crippen molar-refractivity contribution in [1.82, 2.24) is 15.2 Å². The molecule has 86 valence electrons. The molecule has 2 rings (SSSR count). The lowest BCUT2D eigenvalue weighted by Crippen LogP contribution is -2.25. The van der Waals surface area contributed by atoms with E-state index in [1.807, 2.05) is 0 Å². The molecule has 1 aliphatic heterocycles. The first-order valence-corrected chi connectivity index (χ1v) is 5.12. The molecule has 1 fully saturated rings. The van der Waals surface area contributed by atoms with Crippen molar-refractivity contribution in [2.45, 2.75) is 11.7 Å². The van der Waals surface area contributed by atoms with Crippen LogP contribution in [-0.2, 0) is 9.53 Å². The predicted molar refractivity (Wildman–Crippen MR) is 57.5 cm³/mol. The standard InChI is InChI=1S/C8H10N4O3S/c1-15-7(14)6-9-8(11-10-6)12-3-4(16)2-5(12)13/h4,16H,2-3H2,1H3,(H,9,10,11). The van der Waals surface area contributed by atoms with Crippen LogP contribution in [0.2, 0.25) is 0 Å². The molecule has 1 atom stereocenters. The van der Waals surface area contributed by atoms with Gasteiger partial charge in [0.05, 0.1) is 7.11 Å². The molecule has 1 aliphatic rings. The van der Waals surface area contributed by atoms with Crippen molar-refractivity contribution in [1.29, 1.82) is 0 Å². The number of ether oxygens (including phenoxy) is 1. The fourth-order valence-corrected chi connectivity index (χ4v) is 1.76. The van der Waals surface area contributed by atoms with Gasteiger partial charge < -0.3 is 4.74 Å². The third kappa shape index (κ3) is 1.87. The summed E-state index contributed by atoms with van der Waals surface area (Å²) < 4.78 is 4.47. The Bertz CT molecular complexity index is 433. The van der Waals surface area contributed by atoms with E-state index in [4.69, 9.17) is 0 Å². The molecule has 8 heteroatoms. The molecular formula is C8H10N4O3S. The monoisotopic (exact) mass is 242 g/mol. The van der Waals surface area contributed by atoms with Crippen LogP contribution in [0.25, 0.3) is 0 Å². The highest BCUT2D eigenvalue weighted by Crippen LogP contribution is 2.20. The molecule has 2 heterocycles. The Balaban J connectivity index is 2.19. The summed E-state index contributed by atoms with van der Waals surface area (Å²) in [6.07, 6.45) is 0.352. The molecule has 0 saturated carbocycles. The number of thiol groups is 1. The van der Waals surface area contributed by atoms with Crippen LogP contribution < -0.4 is 4.90 Å². The second kappa shape index (κ2) is 4.12. The summed E-state index contributed by atoms with van der Waals surface area (Å²) in [5.41, 5.74) is 0. The first-order chi connectivity index (χ1) is 7.61. The Labute approximate surface area is 96.6 Å². The zero-order valence-corrected chi connectivity index (χ0v) is 9.40. The van der Waals surface area contributed by atoms with Gasteiger partial charge in [-0.15, -0.1) is 5.10 Å². The number of anilines is 1. The maximum atomic E-state index is 11.5. The van der Waals surface area contributed by atoms with Gasteiger partial charge in [-0.3, -0.25) is 14.8 Å². The zero-order valence-electron chi connectivity index (χ0n) is 8.51. The van der Waals surface area contributed by atoms with E-state index < -0.39 is 5.97 Å². The van der Waals surface area contributed by atoms with Crippen LogP contribution in [0.4, 0.5) is 5.95 Å². The summed E-state index contributed by atoms with van der Waals surface area (Å²) in [7, 11) is 1.25. The van der Waals surface area contributed by atoms with E-state index in [9.17, 15) is 9.59 Å². The normalized spacial score (nSPS) is 20.2. The van der Waals surface area contributed by atoms with Gasteiger partial charge in [-0.25, -0.2) is 4.79 Å². The van der Waals surface area contributed by atoms with Crippen LogP contribution in [0.1, 0.15) is 17.0 Å². The Morgan fingerprint density at radius 1 is 1.69 bits per heavy atom. The smallest absolute Gasteiger partial charge is 0.375 e. The van der Waals surface area contributed by atoms with Crippen LogP contribution >= 0.6 is 12.6 Å². The molecule has 1 amide bonds. The molecule has 0 radical (unpaired) electrons. The minimum atomic E-state index is -0.618. The zero-order chi connectivity index (χ0) is 11.7. The van der Waals surface area contributed by atoms with Gasteiger partial charge >= 0.3 is 5.97 Å². The Kier molecular flexibility index (Phi) is 2.82. The highest BCUT2D eigenvalue weighted by molar-refractivity contribution is 7.81. The van der Waals surface area contributed by atoms with Crippen molar-refractivity contribution < 1.29 is 14.3 Å². The van der Waals surface area contributed by atoms with Gasteiger partial charge in [-0.1, -0.05) is 0 Å². The van der Waals surface area contributed by atoms with Crippen molar-refractivity contribution in [2.75, 3.05) is 18.6 Å². The van der Waals surface area contributed by atoms with Crippen molar-refractivity contribution in [3.63, 3.8) is 0 Å². The number of aromatic amines is 1. The van der Waals surface area contributed by atoms with E-state index >= 15 is 0 Å². The highest BCUT2D eigenvalue weighted by atomic mass is 32.1. The molecule has 1 saturated heterocycles. The molecule has 1 unspecified atom stereocenters. The van der Waals surface area contributed by atoms with E-state index in [1.54, 1.807) is 0 Å². The average Bonchev–Trinajstić information content (AvgIpc) is 2.83. The van der Waals surface area contributed by atoms with Crippen LogP contribution in [0.15, 0.2) is 0 Å². The summed E-state index contributed by atoms with van der Waals surface area (Å²) in [6, 6.07) is 0. The number of H-pyrrole nitrogens is 1. The van der Waals surface area contributed by atoms with Gasteiger partial charge in [-0.2, -0.15) is 17.6 Å². The summed E-state index contributed by atoms with van der Waals surface area (Å²) >= 11 is 4.21. The molecule has 7 nitrogen and oxygen atoms in total. The van der Waals surface area contributed by atoms with Crippen LogP contribution in [0.5, 0.6) is 0 Å². The van der Waals surface area contributed by atoms with Gasteiger partial charge in [0.15, 0.2) is 0 Å². The SMILES string of the molecule is COC(=O)c1nc(N2CC(S)CC2=O)n[nH]1. The Morgan fingerprint density at radius 3 is 3.00 bits per heavy atom. The number of carbonyl (C=O) groups is 2. The number of carbonyl (C=O) groups excluding carboxylic acids is 2. The molecule has 1 N–H and O–H groups in total. The fraction of sp³-hybridized carbons (Fsp3) is 0.500. The van der Waals surface area contributed by atoms with Crippen molar-refractivity contribution >= 4 is 30.5 Å². The van der Waals surface area contributed by atoms with E-state index in [0.29, 0.717) is 13.0 Å². The maximum absolute atomic E-state index is 11.5. The molecule has 1 aromatic rings. The average molecular weight is 242 g/mol. The number of nitrogens with one attached hydrogen (secondary N) is 1. The number of rotatable bonds is 2. The molecule has 0 aliphatic carbocycles. The Hall–Kier alpha value is -1.57. The summed E-state index contributed by atoms with van der Waals surface area (Å²) in [6.45, 7) is 0.445. The number of hydrogen-bond donors (Lipinski definition) is 2. The van der Waals surface area contributed by atoms with E-state index in [0.717, 1.165) is 0 Å². The predicted octanol–water partition coefficient (Wildman–Crippen LogP) is -0.374. The topological polar surface area (TPSA) is 88.2 Å². The number of amides is 1. The molecule has 16 heavy (non-hydrogen) atoms. The van der Waals surface area contributed by atoms with E-state index in [-0.39, 0.29) is 22.9 Å². The lowest BCUT2D eigenvalue weighted by atomic mass is 10.4. The van der Waals surface area contributed by atoms with E-state index in [1.165, 1.54) is 12.0 Å². The molecule has 1 aromatic heterocycles. The van der Waals surface area contributed by atoms with Crippen molar-refractivity contribution in [3.05, 3.63) is 5.82 Å². The first kappa shape index (κ1) is 10.9. The number of hydrogen-bond acceptors (Lipinski definition) is 6. The maximum Gasteiger partial charge on any atom is 0.375 e. The summed E-state index contributed by atoms with van der Waals surface area (Å²) in [5, 5.41) is 6.18. The molecular weight excluding hydrogens is 232 g/mol. The van der Waals surface area contributed by atoms with Gasteiger partial charge in [0.1, 0.15) is 0 Å². The van der Waals surface area contributed by atoms with Crippen LogP contribution in [0, 0.1) is 0 Å². The van der Waals surface area contributed by atoms with Crippen LogP contribution in [0.3, 0.4) is 0 Å². The molecule has 0 bridgehead atoms. The third-order valence-corrected chi connectivity index (χ3v) is 2.54. The number of esters is 1. The lowest BCUT2D eigenvalue weighted by Gasteiger charge is -2.09. The van der Waals surface area contributed by atoms with Gasteiger partial charge in [0.25, 0.3) is 5.95 Å². The van der Waals surface area contributed by atoms with Crippen molar-refractivity contribution in [3.8, 4) is 0 Å². The minimum absolute atomic E-state index is 0.0204. The van der Waals surface area contributed by atoms with Gasteiger partial charge in [0.2, 0.25) is 11.7 Å². The highest BCUT2D eigenvalue weighted by Gasteiger charge is 2.31. The van der Waals surface area contributed by atoms with Gasteiger partial charge in [0, 0.05) is 18.2 Å². The third-order valence-electron chi connectivity index (χ3n) is 2.20. The van der Waals surface area contributed by atoms with Crippen LogP contribution in [-0.4, -0.2) is 46.0 Å². The number of nitrogens with zero attached hydrogens (tertiary/aromatic N) is 3. The quantitative estimate of drug-likeness (QED) is 0.545. The second-order valence-corrected chi connectivity index (χ2v) is 4.07. The lowest BCUT2D eigenvalue weighted by molar-refractivity contribution is -0.117. The number of aromatic nitrogens is 3. The number of methoxy groups -OCH3 is 1. The van der Waals surface area contributed by atoms with Crippen molar-refractivity contribution in [2.24, 2.45) is 0 Å². The molecule has 0 spiro atoms. The largest absolute Gasteiger partial charge is 0.463 e.